The monoisotopic (exact) mass is 385 g/mol. The molecule has 0 bridgehead atoms. The summed E-state index contributed by atoms with van der Waals surface area (Å²) in [6, 6.07) is 7.14. The number of hydrogen-bond acceptors (Lipinski definition) is 6. The molecule has 1 aromatic carbocycles. The van der Waals surface area contributed by atoms with Crippen LogP contribution in [0.15, 0.2) is 24.3 Å². The van der Waals surface area contributed by atoms with E-state index in [2.05, 4.69) is 10.2 Å². The van der Waals surface area contributed by atoms with Crippen molar-refractivity contribution >= 4 is 15.9 Å². The molecular formula is C17H27N3O5S. The molecule has 1 amide bonds. The van der Waals surface area contributed by atoms with Crippen molar-refractivity contribution in [1.82, 2.24) is 14.5 Å². The van der Waals surface area contributed by atoms with Crippen LogP contribution in [0.25, 0.3) is 0 Å². The molecule has 1 heterocycles. The molecule has 0 radical (unpaired) electrons. The van der Waals surface area contributed by atoms with Gasteiger partial charge >= 0.3 is 0 Å². The SMILES string of the molecule is COc1ccc(OCCNC(=O)CCS(=O)(=O)N2CCN(C)CC2)cc1. The van der Waals surface area contributed by atoms with E-state index in [0.29, 0.717) is 45.1 Å². The lowest BCUT2D eigenvalue weighted by Gasteiger charge is -2.31. The molecule has 1 fully saturated rings. The van der Waals surface area contributed by atoms with Gasteiger partial charge in [0.1, 0.15) is 18.1 Å². The summed E-state index contributed by atoms with van der Waals surface area (Å²) in [6.45, 7) is 3.03. The van der Waals surface area contributed by atoms with E-state index in [1.54, 1.807) is 31.4 Å². The highest BCUT2D eigenvalue weighted by Crippen LogP contribution is 2.16. The van der Waals surface area contributed by atoms with Gasteiger partial charge in [0.2, 0.25) is 15.9 Å². The number of nitrogens with one attached hydrogen (secondary N) is 1. The van der Waals surface area contributed by atoms with Crippen LogP contribution in [0.5, 0.6) is 11.5 Å². The summed E-state index contributed by atoms with van der Waals surface area (Å²) in [7, 11) is 0.177. The van der Waals surface area contributed by atoms with Gasteiger partial charge in [0.15, 0.2) is 0 Å². The molecule has 1 aliphatic rings. The maximum absolute atomic E-state index is 12.3. The molecule has 9 heteroatoms. The normalized spacial score (nSPS) is 16.2. The van der Waals surface area contributed by atoms with Crippen molar-refractivity contribution in [3.8, 4) is 11.5 Å². The van der Waals surface area contributed by atoms with Gasteiger partial charge in [0, 0.05) is 32.6 Å². The Morgan fingerprint density at radius 2 is 1.73 bits per heavy atom. The third kappa shape index (κ3) is 6.47. The minimum atomic E-state index is -3.38. The van der Waals surface area contributed by atoms with Crippen molar-refractivity contribution in [2.75, 3.05) is 59.2 Å². The molecule has 2 rings (SSSR count). The first-order valence-corrected chi connectivity index (χ1v) is 10.2. The predicted molar refractivity (Wildman–Crippen MR) is 99.0 cm³/mol. The van der Waals surface area contributed by atoms with Crippen molar-refractivity contribution in [2.45, 2.75) is 6.42 Å². The number of amides is 1. The first-order chi connectivity index (χ1) is 12.4. The summed E-state index contributed by atoms with van der Waals surface area (Å²) in [6.07, 6.45) is -0.0444. The van der Waals surface area contributed by atoms with Crippen LogP contribution in [-0.4, -0.2) is 82.8 Å². The van der Waals surface area contributed by atoms with Gasteiger partial charge in [-0.15, -0.1) is 0 Å². The summed E-state index contributed by atoms with van der Waals surface area (Å²) in [5, 5.41) is 2.68. The van der Waals surface area contributed by atoms with Crippen LogP contribution < -0.4 is 14.8 Å². The second-order valence-electron chi connectivity index (χ2n) is 6.14. The molecule has 0 unspecified atom stereocenters. The fraction of sp³-hybridized carbons (Fsp3) is 0.588. The number of rotatable bonds is 9. The van der Waals surface area contributed by atoms with Crippen LogP contribution in [0.1, 0.15) is 6.42 Å². The zero-order valence-corrected chi connectivity index (χ0v) is 16.1. The Balaban J connectivity index is 1.63. The van der Waals surface area contributed by atoms with Crippen LogP contribution in [0, 0.1) is 0 Å². The van der Waals surface area contributed by atoms with Gasteiger partial charge in [-0.2, -0.15) is 4.31 Å². The Morgan fingerprint density at radius 1 is 1.12 bits per heavy atom. The summed E-state index contributed by atoms with van der Waals surface area (Å²) >= 11 is 0. The Bertz CT molecular complexity index is 670. The number of methoxy groups -OCH3 is 1. The zero-order valence-electron chi connectivity index (χ0n) is 15.3. The second-order valence-corrected chi connectivity index (χ2v) is 8.23. The molecule has 1 N–H and O–H groups in total. The van der Waals surface area contributed by atoms with Gasteiger partial charge < -0.3 is 19.7 Å². The maximum atomic E-state index is 12.3. The van der Waals surface area contributed by atoms with Gasteiger partial charge in [-0.05, 0) is 31.3 Å². The van der Waals surface area contributed by atoms with Crippen molar-refractivity contribution in [3.63, 3.8) is 0 Å². The molecule has 1 aromatic rings. The van der Waals surface area contributed by atoms with Gasteiger partial charge in [-0.3, -0.25) is 4.79 Å². The Kier molecular flexibility index (Phi) is 7.67. The van der Waals surface area contributed by atoms with Crippen molar-refractivity contribution in [2.24, 2.45) is 0 Å². The van der Waals surface area contributed by atoms with Gasteiger partial charge in [0.05, 0.1) is 19.4 Å². The lowest BCUT2D eigenvalue weighted by Crippen LogP contribution is -2.48. The predicted octanol–water partition coefficient (Wildman–Crippen LogP) is 0.158. The number of ether oxygens (including phenoxy) is 2. The first-order valence-electron chi connectivity index (χ1n) is 8.60. The van der Waals surface area contributed by atoms with E-state index in [9.17, 15) is 13.2 Å². The highest BCUT2D eigenvalue weighted by atomic mass is 32.2. The van der Waals surface area contributed by atoms with Crippen molar-refractivity contribution in [1.29, 1.82) is 0 Å². The highest BCUT2D eigenvalue weighted by molar-refractivity contribution is 7.89. The average molecular weight is 385 g/mol. The summed E-state index contributed by atoms with van der Waals surface area (Å²) in [5.41, 5.74) is 0. The largest absolute Gasteiger partial charge is 0.497 e. The molecule has 0 aliphatic carbocycles. The number of carbonyl (C=O) groups is 1. The summed E-state index contributed by atoms with van der Waals surface area (Å²) in [4.78, 5) is 13.9. The Hall–Kier alpha value is -1.84. The number of sulfonamides is 1. The molecule has 1 saturated heterocycles. The maximum Gasteiger partial charge on any atom is 0.221 e. The van der Waals surface area contributed by atoms with E-state index in [1.165, 1.54) is 4.31 Å². The van der Waals surface area contributed by atoms with E-state index in [-0.39, 0.29) is 18.1 Å². The van der Waals surface area contributed by atoms with E-state index in [4.69, 9.17) is 9.47 Å². The van der Waals surface area contributed by atoms with Crippen molar-refractivity contribution in [3.05, 3.63) is 24.3 Å². The molecule has 26 heavy (non-hydrogen) atoms. The van der Waals surface area contributed by atoms with Crippen LogP contribution in [-0.2, 0) is 14.8 Å². The van der Waals surface area contributed by atoms with Crippen LogP contribution in [0.4, 0.5) is 0 Å². The Morgan fingerprint density at radius 3 is 2.35 bits per heavy atom. The van der Waals surface area contributed by atoms with E-state index >= 15 is 0 Å². The number of nitrogens with zero attached hydrogens (tertiary/aromatic N) is 2. The zero-order chi connectivity index (χ0) is 19.0. The Labute approximate surface area is 155 Å². The van der Waals surface area contributed by atoms with Crippen LogP contribution in [0.2, 0.25) is 0 Å². The van der Waals surface area contributed by atoms with Gasteiger partial charge in [-0.25, -0.2) is 8.42 Å². The van der Waals surface area contributed by atoms with Gasteiger partial charge in [-0.1, -0.05) is 0 Å². The van der Waals surface area contributed by atoms with E-state index < -0.39 is 10.0 Å². The third-order valence-corrected chi connectivity index (χ3v) is 6.07. The quantitative estimate of drug-likeness (QED) is 0.609. The molecule has 1 aliphatic heterocycles. The fourth-order valence-electron chi connectivity index (χ4n) is 2.54. The smallest absolute Gasteiger partial charge is 0.221 e. The van der Waals surface area contributed by atoms with Crippen molar-refractivity contribution < 1.29 is 22.7 Å². The molecule has 0 spiro atoms. The summed E-state index contributed by atoms with van der Waals surface area (Å²) in [5.74, 6) is 0.966. The molecular weight excluding hydrogens is 358 g/mol. The van der Waals surface area contributed by atoms with Gasteiger partial charge in [0.25, 0.3) is 0 Å². The number of piperazine rings is 1. The van der Waals surface area contributed by atoms with E-state index in [1.807, 2.05) is 7.05 Å². The fourth-order valence-corrected chi connectivity index (χ4v) is 3.96. The standard InChI is InChI=1S/C17H27N3O5S/c1-19-9-11-20(12-10-19)26(22,23)14-7-17(21)18-8-13-25-16-5-3-15(24-2)4-6-16/h3-6H,7-14H2,1-2H3,(H,18,21). The molecule has 0 aromatic heterocycles. The number of carbonyl (C=O) groups excluding carboxylic acids is 1. The topological polar surface area (TPSA) is 88.2 Å². The molecule has 0 atom stereocenters. The lowest BCUT2D eigenvalue weighted by molar-refractivity contribution is -0.120. The molecule has 146 valence electrons. The average Bonchev–Trinajstić information content (AvgIpc) is 2.64. The third-order valence-electron chi connectivity index (χ3n) is 4.20. The summed E-state index contributed by atoms with van der Waals surface area (Å²) < 4.78 is 36.5. The minimum absolute atomic E-state index is 0.0444. The van der Waals surface area contributed by atoms with Crippen LogP contribution >= 0.6 is 0 Å². The van der Waals surface area contributed by atoms with E-state index in [0.717, 1.165) is 5.75 Å². The minimum Gasteiger partial charge on any atom is -0.497 e. The second kappa shape index (κ2) is 9.75. The van der Waals surface area contributed by atoms with Crippen LogP contribution in [0.3, 0.4) is 0 Å². The number of benzene rings is 1. The first kappa shape index (κ1) is 20.5. The highest BCUT2D eigenvalue weighted by Gasteiger charge is 2.25. The number of likely N-dealkylation sites (N-methyl/N-ethyl adjacent to an activating group) is 1. The molecule has 8 nitrogen and oxygen atoms in total. The lowest BCUT2D eigenvalue weighted by atomic mass is 10.3. The molecule has 0 saturated carbocycles. The number of hydrogen-bond donors (Lipinski definition) is 1.